The largest absolute Gasteiger partial charge is 0.481 e. The SMILES string of the molecule is N#Cc1cnn2c1-c1cc(C(=O)C[C@H](CN)Cc3ccc(F)c(F)c3)sc1OCC2. The van der Waals surface area contributed by atoms with Gasteiger partial charge in [-0.15, -0.1) is 0 Å². The molecule has 3 aromatic rings. The van der Waals surface area contributed by atoms with Crippen molar-refractivity contribution in [1.29, 1.82) is 5.26 Å². The molecular formula is C21H18F2N4O2S. The van der Waals surface area contributed by atoms with Gasteiger partial charge < -0.3 is 10.5 Å². The van der Waals surface area contributed by atoms with E-state index in [0.29, 0.717) is 51.9 Å². The molecule has 1 aliphatic rings. The summed E-state index contributed by atoms with van der Waals surface area (Å²) >= 11 is 1.23. The molecule has 0 bridgehead atoms. The van der Waals surface area contributed by atoms with Gasteiger partial charge in [0.15, 0.2) is 22.5 Å². The molecule has 9 heteroatoms. The number of ketones is 1. The fourth-order valence-electron chi connectivity index (χ4n) is 3.53. The van der Waals surface area contributed by atoms with E-state index in [0.717, 1.165) is 12.1 Å². The number of Topliss-reactive ketones (excluding diaryl/α,β-unsaturated/α-hetero) is 1. The predicted octanol–water partition coefficient (Wildman–Crippen LogP) is 3.54. The van der Waals surface area contributed by atoms with E-state index in [1.165, 1.54) is 23.6 Å². The Balaban J connectivity index is 1.55. The van der Waals surface area contributed by atoms with E-state index in [-0.39, 0.29) is 24.7 Å². The van der Waals surface area contributed by atoms with Crippen LogP contribution in [0.5, 0.6) is 5.06 Å². The van der Waals surface area contributed by atoms with Crippen LogP contribution in [0.2, 0.25) is 0 Å². The Kier molecular flexibility index (Phi) is 5.61. The third-order valence-electron chi connectivity index (χ3n) is 5.04. The van der Waals surface area contributed by atoms with E-state index < -0.39 is 11.6 Å². The van der Waals surface area contributed by atoms with E-state index in [2.05, 4.69) is 11.2 Å². The number of aromatic nitrogens is 2. The standard InChI is InChI=1S/C21H18F2N4O2S/c22-16-2-1-12(6-17(16)23)5-13(9-24)7-18(28)19-8-15-20-14(10-25)11-26-27(20)3-4-29-21(15)30-19/h1-2,6,8,11,13H,3-5,7,9,24H2/t13-/m1/s1. The zero-order valence-corrected chi connectivity index (χ0v) is 16.7. The van der Waals surface area contributed by atoms with E-state index in [1.807, 2.05) is 0 Å². The highest BCUT2D eigenvalue weighted by Crippen LogP contribution is 2.41. The molecule has 6 nitrogen and oxygen atoms in total. The second kappa shape index (κ2) is 8.34. The molecule has 0 radical (unpaired) electrons. The first-order valence-electron chi connectivity index (χ1n) is 9.40. The van der Waals surface area contributed by atoms with Crippen LogP contribution >= 0.6 is 11.3 Å². The molecule has 0 spiro atoms. The molecule has 1 aromatic carbocycles. The highest BCUT2D eigenvalue weighted by atomic mass is 32.1. The van der Waals surface area contributed by atoms with Crippen LogP contribution in [0.15, 0.2) is 30.5 Å². The first-order chi connectivity index (χ1) is 14.5. The van der Waals surface area contributed by atoms with Crippen molar-refractivity contribution in [1.82, 2.24) is 9.78 Å². The van der Waals surface area contributed by atoms with Crippen LogP contribution in [0.25, 0.3) is 11.3 Å². The summed E-state index contributed by atoms with van der Waals surface area (Å²) in [7, 11) is 0. The summed E-state index contributed by atoms with van der Waals surface area (Å²) in [5, 5.41) is 14.2. The molecule has 0 fully saturated rings. The van der Waals surface area contributed by atoms with Crippen molar-refractivity contribution >= 4 is 17.1 Å². The van der Waals surface area contributed by atoms with E-state index >= 15 is 0 Å². The van der Waals surface area contributed by atoms with E-state index in [4.69, 9.17) is 10.5 Å². The third-order valence-corrected chi connectivity index (χ3v) is 6.13. The number of rotatable bonds is 6. The minimum Gasteiger partial charge on any atom is -0.481 e. The lowest BCUT2D eigenvalue weighted by atomic mass is 9.93. The number of fused-ring (bicyclic) bond motifs is 3. The monoisotopic (exact) mass is 428 g/mol. The molecule has 3 heterocycles. The number of thiophene rings is 1. The van der Waals surface area contributed by atoms with Gasteiger partial charge in [0, 0.05) is 6.42 Å². The molecule has 0 saturated heterocycles. The number of carbonyl (C=O) groups is 1. The quantitative estimate of drug-likeness (QED) is 0.606. The van der Waals surface area contributed by atoms with Crippen molar-refractivity contribution in [3.63, 3.8) is 0 Å². The number of nitrogens with two attached hydrogens (primary N) is 1. The van der Waals surface area contributed by atoms with Crippen LogP contribution < -0.4 is 10.5 Å². The summed E-state index contributed by atoms with van der Waals surface area (Å²) in [6, 6.07) is 7.56. The highest BCUT2D eigenvalue weighted by molar-refractivity contribution is 7.16. The van der Waals surface area contributed by atoms with Crippen molar-refractivity contribution in [3.8, 4) is 22.4 Å². The van der Waals surface area contributed by atoms with Crippen molar-refractivity contribution in [2.75, 3.05) is 13.2 Å². The maximum Gasteiger partial charge on any atom is 0.184 e. The van der Waals surface area contributed by atoms with Crippen LogP contribution in [0.1, 0.15) is 27.2 Å². The molecule has 30 heavy (non-hydrogen) atoms. The fourth-order valence-corrected chi connectivity index (χ4v) is 4.51. The van der Waals surface area contributed by atoms with Gasteiger partial charge in [0.2, 0.25) is 0 Å². The zero-order chi connectivity index (χ0) is 21.3. The number of ether oxygens (including phenoxy) is 1. The minimum absolute atomic E-state index is 0.112. The Hall–Kier alpha value is -3.09. The summed E-state index contributed by atoms with van der Waals surface area (Å²) in [5.74, 6) is -2.15. The average molecular weight is 428 g/mol. The number of halogens is 2. The van der Waals surface area contributed by atoms with Gasteiger partial charge in [-0.1, -0.05) is 17.4 Å². The number of hydrogen-bond acceptors (Lipinski definition) is 6. The molecular weight excluding hydrogens is 410 g/mol. The van der Waals surface area contributed by atoms with Gasteiger partial charge in [-0.2, -0.15) is 10.4 Å². The topological polar surface area (TPSA) is 93.9 Å². The molecule has 2 aromatic heterocycles. The smallest absolute Gasteiger partial charge is 0.184 e. The number of benzene rings is 1. The van der Waals surface area contributed by atoms with E-state index in [1.54, 1.807) is 10.7 Å². The van der Waals surface area contributed by atoms with Crippen LogP contribution in [-0.2, 0) is 13.0 Å². The van der Waals surface area contributed by atoms with Crippen LogP contribution in [0.3, 0.4) is 0 Å². The van der Waals surface area contributed by atoms with Crippen molar-refractivity contribution in [2.24, 2.45) is 11.7 Å². The molecule has 4 rings (SSSR count). The number of hydrogen-bond donors (Lipinski definition) is 1. The first-order valence-corrected chi connectivity index (χ1v) is 10.2. The Bertz CT molecular complexity index is 1150. The highest BCUT2D eigenvalue weighted by Gasteiger charge is 2.26. The molecule has 0 aliphatic carbocycles. The van der Waals surface area contributed by atoms with E-state index in [9.17, 15) is 18.8 Å². The van der Waals surface area contributed by atoms with Gasteiger partial charge >= 0.3 is 0 Å². The van der Waals surface area contributed by atoms with Crippen molar-refractivity contribution < 1.29 is 18.3 Å². The third kappa shape index (κ3) is 3.84. The van der Waals surface area contributed by atoms with Gasteiger partial charge in [-0.25, -0.2) is 8.78 Å². The van der Waals surface area contributed by atoms with Crippen LogP contribution in [-0.4, -0.2) is 28.7 Å². The maximum absolute atomic E-state index is 13.5. The zero-order valence-electron chi connectivity index (χ0n) is 15.9. The van der Waals surface area contributed by atoms with Gasteiger partial charge in [-0.3, -0.25) is 9.48 Å². The Morgan fingerprint density at radius 1 is 1.37 bits per heavy atom. The van der Waals surface area contributed by atoms with Crippen LogP contribution in [0.4, 0.5) is 8.78 Å². The molecule has 0 amide bonds. The van der Waals surface area contributed by atoms with Gasteiger partial charge in [0.25, 0.3) is 0 Å². The van der Waals surface area contributed by atoms with Gasteiger partial charge in [-0.05, 0) is 42.6 Å². The number of carbonyl (C=O) groups excluding carboxylic acids is 1. The summed E-state index contributed by atoms with van der Waals surface area (Å²) < 4.78 is 34.1. The second-order valence-corrected chi connectivity index (χ2v) is 8.10. The second-order valence-electron chi connectivity index (χ2n) is 7.08. The molecule has 2 N–H and O–H groups in total. The molecule has 1 atom stereocenters. The predicted molar refractivity (Wildman–Crippen MR) is 107 cm³/mol. The summed E-state index contributed by atoms with van der Waals surface area (Å²) in [4.78, 5) is 13.4. The lowest BCUT2D eigenvalue weighted by Crippen LogP contribution is -2.20. The summed E-state index contributed by atoms with van der Waals surface area (Å²) in [5.41, 5.74) is 8.18. The normalized spacial score (nSPS) is 13.5. The molecule has 1 aliphatic heterocycles. The Morgan fingerprint density at radius 2 is 2.20 bits per heavy atom. The van der Waals surface area contributed by atoms with Crippen molar-refractivity contribution in [2.45, 2.75) is 19.4 Å². The van der Waals surface area contributed by atoms with Crippen LogP contribution in [0, 0.1) is 28.9 Å². The summed E-state index contributed by atoms with van der Waals surface area (Å²) in [6.45, 7) is 1.14. The minimum atomic E-state index is -0.918. The lowest BCUT2D eigenvalue weighted by Gasteiger charge is -2.13. The van der Waals surface area contributed by atoms with Gasteiger partial charge in [0.05, 0.1) is 34.4 Å². The average Bonchev–Trinajstić information content (AvgIpc) is 3.30. The van der Waals surface area contributed by atoms with Crippen molar-refractivity contribution in [3.05, 3.63) is 58.1 Å². The Morgan fingerprint density at radius 3 is 2.93 bits per heavy atom. The molecule has 0 unspecified atom stereocenters. The Labute approximate surface area is 175 Å². The maximum atomic E-state index is 13.5. The summed E-state index contributed by atoms with van der Waals surface area (Å²) in [6.07, 6.45) is 2.04. The molecule has 0 saturated carbocycles. The number of nitriles is 1. The van der Waals surface area contributed by atoms with Gasteiger partial charge in [0.1, 0.15) is 12.7 Å². The molecule has 154 valence electrons. The first kappa shape index (κ1) is 20.2. The lowest BCUT2D eigenvalue weighted by molar-refractivity contribution is 0.0966. The fraction of sp³-hybridized carbons (Fsp3) is 0.286. The number of nitrogens with zero attached hydrogens (tertiary/aromatic N) is 3.